The van der Waals surface area contributed by atoms with Gasteiger partial charge in [0.15, 0.2) is 0 Å². The second-order valence-corrected chi connectivity index (χ2v) is 2.00. The number of nitro benzene ring substituents is 2. The van der Waals surface area contributed by atoms with Gasteiger partial charge in [-0.3, -0.25) is 20.2 Å². The van der Waals surface area contributed by atoms with Gasteiger partial charge in [0, 0.05) is 12.1 Å². The first-order chi connectivity index (χ1) is 5.63. The Morgan fingerprint density at radius 1 is 1.00 bits per heavy atom. The number of para-hydroxylation sites is 2. The predicted octanol–water partition coefficient (Wildman–Crippen LogP) is -1.38. The van der Waals surface area contributed by atoms with Crippen LogP contribution in [0.4, 0.5) is 11.4 Å². The standard InChI is InChI=1S/C6H4N2O4.Na.H/c9-7(10)5-3-1-2-4-6(5)8(11)12;;/h1-4H;;/q;+1;-1. The zero-order valence-corrected chi connectivity index (χ0v) is 8.84. The van der Waals surface area contributed by atoms with E-state index >= 15 is 0 Å². The van der Waals surface area contributed by atoms with Crippen molar-refractivity contribution in [2.24, 2.45) is 0 Å². The molecule has 1 rings (SSSR count). The van der Waals surface area contributed by atoms with Gasteiger partial charge in [-0.05, 0) is 0 Å². The molecule has 6 nitrogen and oxygen atoms in total. The minimum absolute atomic E-state index is 0. The number of benzene rings is 1. The summed E-state index contributed by atoms with van der Waals surface area (Å²) in [4.78, 5) is 18.9. The molecule has 64 valence electrons. The van der Waals surface area contributed by atoms with Gasteiger partial charge in [0.1, 0.15) is 0 Å². The van der Waals surface area contributed by atoms with E-state index in [0.717, 1.165) is 12.1 Å². The minimum Gasteiger partial charge on any atom is -1.00 e. The molecule has 0 radical (unpaired) electrons. The molecule has 0 saturated carbocycles. The Balaban J connectivity index is 0. The molecule has 1 aromatic rings. The molecule has 0 unspecified atom stereocenters. The number of hydrogen-bond acceptors (Lipinski definition) is 4. The van der Waals surface area contributed by atoms with Gasteiger partial charge < -0.3 is 1.43 Å². The van der Waals surface area contributed by atoms with Crippen LogP contribution in [-0.2, 0) is 0 Å². The smallest absolute Gasteiger partial charge is 1.00 e. The minimum atomic E-state index is -0.780. The van der Waals surface area contributed by atoms with E-state index in [1.807, 2.05) is 0 Å². The number of hydrogen-bond donors (Lipinski definition) is 0. The van der Waals surface area contributed by atoms with Crippen LogP contribution >= 0.6 is 0 Å². The predicted molar refractivity (Wildman–Crippen MR) is 40.9 cm³/mol. The van der Waals surface area contributed by atoms with E-state index in [0.29, 0.717) is 0 Å². The number of nitro groups is 2. The molecular formula is C6H5N2NaO4. The topological polar surface area (TPSA) is 86.3 Å². The molecule has 13 heavy (non-hydrogen) atoms. The quantitative estimate of drug-likeness (QED) is 0.328. The third-order valence-electron chi connectivity index (χ3n) is 1.28. The molecule has 0 spiro atoms. The molecule has 0 bridgehead atoms. The summed E-state index contributed by atoms with van der Waals surface area (Å²) in [6.07, 6.45) is 0. The van der Waals surface area contributed by atoms with Crippen molar-refractivity contribution in [2.75, 3.05) is 0 Å². The van der Waals surface area contributed by atoms with Crippen LogP contribution in [0.15, 0.2) is 24.3 Å². The second kappa shape index (κ2) is 4.90. The number of rotatable bonds is 2. The summed E-state index contributed by atoms with van der Waals surface area (Å²) in [5.41, 5.74) is -0.968. The van der Waals surface area contributed by atoms with E-state index < -0.39 is 21.2 Å². The summed E-state index contributed by atoms with van der Waals surface area (Å²) in [7, 11) is 0. The van der Waals surface area contributed by atoms with Crippen molar-refractivity contribution in [2.45, 2.75) is 0 Å². The van der Waals surface area contributed by atoms with Crippen molar-refractivity contribution in [3.63, 3.8) is 0 Å². The largest absolute Gasteiger partial charge is 1.00 e. The average Bonchev–Trinajstić information content (AvgIpc) is 2.04. The van der Waals surface area contributed by atoms with Crippen LogP contribution in [0, 0.1) is 20.2 Å². The summed E-state index contributed by atoms with van der Waals surface area (Å²) in [5, 5.41) is 20.5. The summed E-state index contributed by atoms with van der Waals surface area (Å²) in [6.45, 7) is 0. The van der Waals surface area contributed by atoms with Gasteiger partial charge >= 0.3 is 40.9 Å². The van der Waals surface area contributed by atoms with E-state index in [-0.39, 0.29) is 31.0 Å². The Morgan fingerprint density at radius 3 is 1.54 bits per heavy atom. The molecular weight excluding hydrogens is 187 g/mol. The Labute approximate surface area is 96.6 Å². The maximum atomic E-state index is 10.2. The van der Waals surface area contributed by atoms with Crippen molar-refractivity contribution >= 4 is 11.4 Å². The Hall–Kier alpha value is -0.980. The molecule has 7 heteroatoms. The molecule has 0 N–H and O–H groups in total. The molecule has 0 heterocycles. The van der Waals surface area contributed by atoms with Gasteiger partial charge in [0.25, 0.3) is 0 Å². The van der Waals surface area contributed by atoms with Crippen LogP contribution in [0.2, 0.25) is 0 Å². The molecule has 0 aliphatic carbocycles. The second-order valence-electron chi connectivity index (χ2n) is 2.00. The molecule has 0 fully saturated rings. The maximum Gasteiger partial charge on any atom is 1.00 e. The van der Waals surface area contributed by atoms with Crippen molar-refractivity contribution in [1.82, 2.24) is 0 Å². The fourth-order valence-corrected chi connectivity index (χ4v) is 0.773. The van der Waals surface area contributed by atoms with Crippen LogP contribution < -0.4 is 29.6 Å². The first-order valence-electron chi connectivity index (χ1n) is 3.00. The summed E-state index contributed by atoms with van der Waals surface area (Å²) in [5.74, 6) is 0. The molecule has 0 aliphatic heterocycles. The first kappa shape index (κ1) is 12.0. The van der Waals surface area contributed by atoms with Crippen LogP contribution in [0.1, 0.15) is 1.43 Å². The van der Waals surface area contributed by atoms with Gasteiger partial charge in [-0.15, -0.1) is 0 Å². The zero-order valence-electron chi connectivity index (χ0n) is 7.84. The molecule has 0 aliphatic rings. The monoisotopic (exact) mass is 192 g/mol. The van der Waals surface area contributed by atoms with Gasteiger partial charge in [-0.25, -0.2) is 0 Å². The van der Waals surface area contributed by atoms with E-state index in [4.69, 9.17) is 0 Å². The van der Waals surface area contributed by atoms with Gasteiger partial charge in [0.05, 0.1) is 9.85 Å². The van der Waals surface area contributed by atoms with E-state index in [1.165, 1.54) is 12.1 Å². The SMILES string of the molecule is O=[N+]([O-])c1ccccc1[N+](=O)[O-].[H-].[Na+]. The van der Waals surface area contributed by atoms with Gasteiger partial charge in [-0.2, -0.15) is 0 Å². The normalized spacial score (nSPS) is 8.62. The molecule has 0 amide bonds. The Bertz CT molecular complexity index is 313. The summed E-state index contributed by atoms with van der Waals surface area (Å²) in [6, 6.07) is 4.95. The zero-order chi connectivity index (χ0) is 9.14. The van der Waals surface area contributed by atoms with Crippen molar-refractivity contribution in [3.05, 3.63) is 44.5 Å². The van der Waals surface area contributed by atoms with Crippen molar-refractivity contribution < 1.29 is 40.8 Å². The van der Waals surface area contributed by atoms with Crippen molar-refractivity contribution in [3.8, 4) is 0 Å². The van der Waals surface area contributed by atoms with Crippen LogP contribution in [0.5, 0.6) is 0 Å². The van der Waals surface area contributed by atoms with E-state index in [9.17, 15) is 20.2 Å². The first-order valence-corrected chi connectivity index (χ1v) is 3.00. The summed E-state index contributed by atoms with van der Waals surface area (Å²) >= 11 is 0. The van der Waals surface area contributed by atoms with Crippen molar-refractivity contribution in [1.29, 1.82) is 0 Å². The van der Waals surface area contributed by atoms with Gasteiger partial charge in [0.2, 0.25) is 0 Å². The third kappa shape index (κ3) is 2.76. The van der Waals surface area contributed by atoms with E-state index in [1.54, 1.807) is 0 Å². The Kier molecular flexibility index (Phi) is 4.53. The molecule has 1 aromatic carbocycles. The van der Waals surface area contributed by atoms with Crippen LogP contribution in [0.3, 0.4) is 0 Å². The molecule has 0 aromatic heterocycles. The van der Waals surface area contributed by atoms with E-state index in [2.05, 4.69) is 0 Å². The van der Waals surface area contributed by atoms with Crippen LogP contribution in [-0.4, -0.2) is 9.85 Å². The fourth-order valence-electron chi connectivity index (χ4n) is 0.773. The Morgan fingerprint density at radius 2 is 1.31 bits per heavy atom. The third-order valence-corrected chi connectivity index (χ3v) is 1.28. The number of nitrogens with zero attached hydrogens (tertiary/aromatic N) is 2. The fraction of sp³-hybridized carbons (Fsp3) is 0. The average molecular weight is 192 g/mol. The van der Waals surface area contributed by atoms with Gasteiger partial charge in [-0.1, -0.05) is 12.1 Å². The summed E-state index contributed by atoms with van der Waals surface area (Å²) < 4.78 is 0. The van der Waals surface area contributed by atoms with Crippen LogP contribution in [0.25, 0.3) is 0 Å². The maximum absolute atomic E-state index is 10.2. The molecule has 0 saturated heterocycles. The molecule has 0 atom stereocenters.